The number of aliphatic hydroxyl groups is 3. The molecule has 0 unspecified atom stereocenters. The van der Waals surface area contributed by atoms with Crippen molar-refractivity contribution in [3.63, 3.8) is 0 Å². The molecule has 0 aliphatic carbocycles. The quantitative estimate of drug-likeness (QED) is 0.0773. The van der Waals surface area contributed by atoms with Crippen LogP contribution in [0.4, 0.5) is 0 Å². The monoisotopic (exact) mass is 1310 g/mol. The maximum atomic E-state index is 15.2. The van der Waals surface area contributed by atoms with Crippen molar-refractivity contribution in [1.29, 1.82) is 0 Å². The summed E-state index contributed by atoms with van der Waals surface area (Å²) < 4.78 is 0. The van der Waals surface area contributed by atoms with Crippen LogP contribution in [0, 0.1) is 12.8 Å². The Morgan fingerprint density at radius 2 is 1.33 bits per heavy atom. The number of nitrogens with zero attached hydrogens (tertiary/aromatic N) is 10. The number of nitrogens with two attached hydrogens (primary N) is 1. The fourth-order valence-corrected chi connectivity index (χ4v) is 16.1. The molecule has 9 N–H and O–H groups in total. The Balaban J connectivity index is 0.938. The Morgan fingerprint density at radius 3 is 2.08 bits per heavy atom. The van der Waals surface area contributed by atoms with Gasteiger partial charge in [0.1, 0.15) is 93.8 Å². The van der Waals surface area contributed by atoms with Gasteiger partial charge in [-0.2, -0.15) is 0 Å². The highest BCUT2D eigenvalue weighted by atomic mass is 32.1. The molecule has 0 radical (unpaired) electrons. The normalized spacial score (nSPS) is 20.6. The van der Waals surface area contributed by atoms with Gasteiger partial charge in [-0.25, -0.2) is 34.9 Å². The minimum atomic E-state index is -1.41. The van der Waals surface area contributed by atoms with Crippen LogP contribution in [0.5, 0.6) is 5.75 Å². The number of aromatic nitrogens is 7. The average Bonchev–Trinajstić information content (AvgIpc) is 2.12. The number of carbonyl (C=O) groups excluding carboxylic acids is 6. The molecule has 0 saturated carbocycles. The molecule has 7 aromatic heterocycles. The van der Waals surface area contributed by atoms with Crippen molar-refractivity contribution in [3.8, 4) is 49.1 Å². The third-order valence-corrected chi connectivity index (χ3v) is 21.0. The number of pyridine rings is 1. The van der Waals surface area contributed by atoms with Crippen molar-refractivity contribution in [1.82, 2.24) is 65.5 Å². The number of phenolic OH excluding ortho intramolecular Hbond substituents is 1. The van der Waals surface area contributed by atoms with Crippen LogP contribution in [0.1, 0.15) is 111 Å². The highest BCUT2D eigenvalue weighted by molar-refractivity contribution is 7.15. The number of aliphatic hydroxyl groups excluding tert-OH is 3. The standard InChI is InChI=1S/C59H56N14O10S6/c1-28-42(76)22-73-47(28)57-67-40(26-88-57)54-64-37(23-85-54)45-33(12-13-34(61-45)53-68-41(27-86-53)58(82)72-16-14-71(15-17-72)18-19-74)52-65-38(24-84-52)49(79)62-35(21-43(60)77)55-70-44(29(2)89-55)51(81)69-46(48(78)31-6-4-3-5-7-31)56-66-39(25-87-56)50(80)63-36(59(73)83)20-30-8-10-32(75)11-9-30/h3-13,23-28,35-36,42,46-48,74-76,78H,14-22H2,1-2H3,(H2,60,77)(H,62,79)(H,63,80)(H,69,81)/t28-,35-,36-,42-,46-,47+,48+/m0/s1. The third kappa shape index (κ3) is 13.0. The van der Waals surface area contributed by atoms with Crippen LogP contribution in [-0.4, -0.2) is 163 Å². The summed E-state index contributed by atoms with van der Waals surface area (Å²) in [5.74, 6) is -4.21. The van der Waals surface area contributed by atoms with Gasteiger partial charge in [0, 0.05) is 88.9 Å². The van der Waals surface area contributed by atoms with Gasteiger partial charge in [-0.05, 0) is 42.3 Å². The van der Waals surface area contributed by atoms with Gasteiger partial charge in [0.25, 0.3) is 23.6 Å². The van der Waals surface area contributed by atoms with Crippen molar-refractivity contribution < 1.29 is 49.2 Å². The van der Waals surface area contributed by atoms with E-state index in [1.165, 1.54) is 56.4 Å². The Labute approximate surface area is 531 Å². The second kappa shape index (κ2) is 26.1. The smallest absolute Gasteiger partial charge is 0.273 e. The van der Waals surface area contributed by atoms with E-state index in [0.717, 1.165) is 34.0 Å². The van der Waals surface area contributed by atoms with Crippen LogP contribution >= 0.6 is 68.0 Å². The van der Waals surface area contributed by atoms with Gasteiger partial charge >= 0.3 is 0 Å². The van der Waals surface area contributed by atoms with E-state index in [-0.39, 0.29) is 64.0 Å². The number of aryl methyl sites for hydroxylation is 1. The van der Waals surface area contributed by atoms with Crippen molar-refractivity contribution in [3.05, 3.63) is 147 Å². The third-order valence-electron chi connectivity index (χ3n) is 15.5. The van der Waals surface area contributed by atoms with Gasteiger partial charge in [0.2, 0.25) is 11.8 Å². The number of nitrogens with one attached hydrogen (secondary N) is 3. The second-order valence-electron chi connectivity index (χ2n) is 21.4. The fraction of sp³-hybridized carbons (Fsp3) is 0.305. The molecule has 10 bridgehead atoms. The number of carbonyl (C=O) groups is 6. The van der Waals surface area contributed by atoms with Crippen LogP contribution in [0.25, 0.3) is 43.4 Å². The summed E-state index contributed by atoms with van der Waals surface area (Å²) in [6.07, 6.45) is -2.81. The van der Waals surface area contributed by atoms with Gasteiger partial charge < -0.3 is 51.9 Å². The molecular formula is C59H56N14O10S6. The molecule has 9 aromatic rings. The number of rotatable bonds is 10. The predicted molar refractivity (Wildman–Crippen MR) is 335 cm³/mol. The summed E-state index contributed by atoms with van der Waals surface area (Å²) in [7, 11) is 0. The molecule has 30 heteroatoms. The van der Waals surface area contributed by atoms with Crippen molar-refractivity contribution in [2.24, 2.45) is 11.7 Å². The van der Waals surface area contributed by atoms with Gasteiger partial charge in [0.05, 0.1) is 36.9 Å². The van der Waals surface area contributed by atoms with Crippen LogP contribution < -0.4 is 21.7 Å². The highest BCUT2D eigenvalue weighted by Crippen LogP contribution is 2.43. The van der Waals surface area contributed by atoms with E-state index in [1.807, 2.05) is 17.7 Å². The van der Waals surface area contributed by atoms with Crippen LogP contribution in [-0.2, 0) is 16.0 Å². The minimum Gasteiger partial charge on any atom is -0.508 e. The first-order valence-corrected chi connectivity index (χ1v) is 33.3. The van der Waals surface area contributed by atoms with E-state index in [9.17, 15) is 44.4 Å². The molecular weight excluding hydrogens is 1260 g/mol. The molecule has 12 rings (SSSR count). The topological polar surface area (TPSA) is 345 Å². The zero-order valence-corrected chi connectivity index (χ0v) is 52.3. The molecule has 7 atom stereocenters. The number of amides is 6. The SMILES string of the molecule is Cc1sc2nc1C(=O)N[C@@H]([C@H](O)c1ccccc1)c1nc(cs1)C(=O)N[C@@H](Cc1ccc(O)cc1)C(=O)N1C[C@H](O)[C@H](C)[C@@H]1c1nc(cs1)-c1nc(cs1)-c1nc(-c3nc(C(=O)N4CCN(CCO)CC4)cs3)ccc1-c1nc(cs1)C(=O)N[C@H]2CC(N)=O. The molecule has 458 valence electrons. The van der Waals surface area contributed by atoms with E-state index in [2.05, 4.69) is 30.8 Å². The molecule has 24 nitrogen and oxygen atoms in total. The number of primary amides is 1. The van der Waals surface area contributed by atoms with E-state index in [0.29, 0.717) is 97.1 Å². The Hall–Kier alpha value is -8.17. The lowest BCUT2D eigenvalue weighted by Gasteiger charge is -2.33. The second-order valence-corrected chi connectivity index (χ2v) is 27.0. The maximum Gasteiger partial charge on any atom is 0.273 e. The van der Waals surface area contributed by atoms with Gasteiger partial charge in [0.15, 0.2) is 0 Å². The molecule has 2 fully saturated rings. The van der Waals surface area contributed by atoms with Crippen LogP contribution in [0.3, 0.4) is 0 Å². The van der Waals surface area contributed by atoms with Gasteiger partial charge in [-0.15, -0.1) is 68.0 Å². The van der Waals surface area contributed by atoms with Crippen LogP contribution in [0.2, 0.25) is 0 Å². The molecule has 0 spiro atoms. The molecule has 3 aliphatic rings. The summed E-state index contributed by atoms with van der Waals surface area (Å²) in [4.78, 5) is 125. The van der Waals surface area contributed by atoms with Crippen molar-refractivity contribution in [2.45, 2.75) is 63.1 Å². The number of piperazine rings is 1. The number of hydrogen-bond donors (Lipinski definition) is 8. The van der Waals surface area contributed by atoms with E-state index in [1.54, 1.807) is 77.2 Å². The molecule has 3 aliphatic heterocycles. The van der Waals surface area contributed by atoms with Gasteiger partial charge in [-0.3, -0.25) is 33.7 Å². The van der Waals surface area contributed by atoms with Crippen molar-refractivity contribution in [2.75, 3.05) is 45.9 Å². The number of thiazole rings is 6. The van der Waals surface area contributed by atoms with E-state index < -0.39 is 78.2 Å². The Bertz CT molecular complexity index is 4120. The Morgan fingerprint density at radius 1 is 0.674 bits per heavy atom. The number of hydrogen-bond acceptors (Lipinski definition) is 24. The Kier molecular flexibility index (Phi) is 17.9. The minimum absolute atomic E-state index is 0.00177. The summed E-state index contributed by atoms with van der Waals surface area (Å²) in [5, 5.41) is 62.2. The number of benzene rings is 2. The first kappa shape index (κ1) is 61.1. The summed E-state index contributed by atoms with van der Waals surface area (Å²) in [6.45, 7) is 6.15. The number of β-amino-alcohol motifs (C(OH)–C–C–N with tert-alkyl or cyclic N) is 1. The largest absolute Gasteiger partial charge is 0.508 e. The lowest BCUT2D eigenvalue weighted by Crippen LogP contribution is -2.50. The number of fused-ring (bicyclic) bond motifs is 16. The van der Waals surface area contributed by atoms with Gasteiger partial charge in [-0.1, -0.05) is 49.4 Å². The highest BCUT2D eigenvalue weighted by Gasteiger charge is 2.46. The lowest BCUT2D eigenvalue weighted by molar-refractivity contribution is -0.134. The van der Waals surface area contributed by atoms with E-state index in [4.69, 9.17) is 30.7 Å². The predicted octanol–water partition coefficient (Wildman–Crippen LogP) is 6.04. The fourth-order valence-electron chi connectivity index (χ4n) is 10.8. The maximum absolute atomic E-state index is 15.2. The van der Waals surface area contributed by atoms with Crippen LogP contribution in [0.15, 0.2) is 93.6 Å². The summed E-state index contributed by atoms with van der Waals surface area (Å²) in [6, 6.07) is 13.9. The molecule has 2 saturated heterocycles. The molecule has 6 amide bonds. The molecule has 10 heterocycles. The molecule has 89 heavy (non-hydrogen) atoms. The zero-order valence-electron chi connectivity index (χ0n) is 47.4. The first-order valence-electron chi connectivity index (χ1n) is 28.1. The number of aromatic hydroxyl groups is 1. The zero-order chi connectivity index (χ0) is 62.2. The molecule has 2 aromatic carbocycles. The number of phenols is 1. The lowest BCUT2D eigenvalue weighted by atomic mass is 10.00. The van der Waals surface area contributed by atoms with Crippen molar-refractivity contribution >= 4 is 103 Å². The summed E-state index contributed by atoms with van der Waals surface area (Å²) >= 11 is 7.01. The van der Waals surface area contributed by atoms with E-state index >= 15 is 4.79 Å². The average molecular weight is 1310 g/mol. The first-order chi connectivity index (χ1) is 43.0. The summed E-state index contributed by atoms with van der Waals surface area (Å²) in [5.41, 5.74) is 9.00.